The average molecular weight is 443 g/mol. The van der Waals surface area contributed by atoms with Crippen molar-refractivity contribution in [2.45, 2.75) is 51.2 Å². The molecule has 0 N–H and O–H groups in total. The van der Waals surface area contributed by atoms with Crippen LogP contribution in [-0.4, -0.2) is 27.5 Å². The molecule has 1 aliphatic rings. The molecule has 1 amide bonds. The number of amides is 1. The lowest BCUT2D eigenvalue weighted by atomic mass is 9.87. The topological polar surface area (TPSA) is 59.2 Å². The second-order valence-electron chi connectivity index (χ2n) is 9.15. The van der Waals surface area contributed by atoms with E-state index in [-0.39, 0.29) is 30.2 Å². The van der Waals surface area contributed by atoms with Gasteiger partial charge in [0.15, 0.2) is 0 Å². The lowest BCUT2D eigenvalue weighted by molar-refractivity contribution is -0.137. The summed E-state index contributed by atoms with van der Waals surface area (Å²) in [4.78, 5) is 18.5. The Morgan fingerprint density at radius 1 is 1.00 bits per heavy atom. The highest BCUT2D eigenvalue weighted by Crippen LogP contribution is 2.32. The number of rotatable bonds is 4. The molecule has 0 saturated carbocycles. The Morgan fingerprint density at radius 3 is 2.22 bits per heavy atom. The predicted octanol–water partition coefficient (Wildman–Crippen LogP) is 5.57. The summed E-state index contributed by atoms with van der Waals surface area (Å²) in [5.41, 5.74) is 2.00. The highest BCUT2D eigenvalue weighted by Gasteiger charge is 2.35. The van der Waals surface area contributed by atoms with Crippen molar-refractivity contribution in [3.8, 4) is 11.4 Å². The average Bonchev–Trinajstić information content (AvgIpc) is 3.35. The Kier molecular flexibility index (Phi) is 5.56. The van der Waals surface area contributed by atoms with E-state index in [0.717, 1.165) is 17.7 Å². The summed E-state index contributed by atoms with van der Waals surface area (Å²) < 4.78 is 43.6. The van der Waals surface area contributed by atoms with Crippen LogP contribution >= 0.6 is 0 Å². The van der Waals surface area contributed by atoms with Gasteiger partial charge in [0.1, 0.15) is 0 Å². The summed E-state index contributed by atoms with van der Waals surface area (Å²) in [5.74, 6) is 0.522. The van der Waals surface area contributed by atoms with Crippen molar-refractivity contribution >= 4 is 5.91 Å². The molecule has 1 aliphatic heterocycles. The van der Waals surface area contributed by atoms with Crippen LogP contribution in [-0.2, 0) is 22.9 Å². The number of nitrogens with zero attached hydrogens (tertiary/aromatic N) is 3. The molecule has 0 aliphatic carbocycles. The summed E-state index contributed by atoms with van der Waals surface area (Å²) in [6, 6.07) is 12.8. The van der Waals surface area contributed by atoms with E-state index in [1.807, 2.05) is 24.3 Å². The monoisotopic (exact) mass is 443 g/mol. The van der Waals surface area contributed by atoms with Crippen molar-refractivity contribution in [3.05, 3.63) is 71.1 Å². The van der Waals surface area contributed by atoms with Gasteiger partial charge in [-0.05, 0) is 28.7 Å². The maximum absolute atomic E-state index is 12.7. The Balaban J connectivity index is 1.43. The fourth-order valence-corrected chi connectivity index (χ4v) is 3.75. The molecule has 2 heterocycles. The second-order valence-corrected chi connectivity index (χ2v) is 9.15. The number of hydrogen-bond donors (Lipinski definition) is 0. The first kappa shape index (κ1) is 22.0. The fraction of sp³-hybridized carbons (Fsp3) is 0.375. The number of carbonyl (C=O) groups is 1. The molecule has 2 aromatic carbocycles. The van der Waals surface area contributed by atoms with Crippen LogP contribution in [0.2, 0.25) is 0 Å². The summed E-state index contributed by atoms with van der Waals surface area (Å²) in [6.07, 6.45) is -4.15. The van der Waals surface area contributed by atoms with Gasteiger partial charge in [-0.25, -0.2) is 0 Å². The van der Waals surface area contributed by atoms with Gasteiger partial charge in [0.2, 0.25) is 17.6 Å². The van der Waals surface area contributed by atoms with E-state index >= 15 is 0 Å². The molecule has 168 valence electrons. The van der Waals surface area contributed by atoms with Crippen LogP contribution in [0.25, 0.3) is 11.4 Å². The molecule has 3 aromatic rings. The second kappa shape index (κ2) is 8.07. The number of aromatic nitrogens is 2. The van der Waals surface area contributed by atoms with E-state index in [2.05, 4.69) is 30.9 Å². The summed E-state index contributed by atoms with van der Waals surface area (Å²) in [7, 11) is 0. The molecule has 1 saturated heterocycles. The quantitative estimate of drug-likeness (QED) is 0.529. The van der Waals surface area contributed by atoms with Crippen molar-refractivity contribution in [1.29, 1.82) is 0 Å². The number of benzene rings is 2. The predicted molar refractivity (Wildman–Crippen MR) is 113 cm³/mol. The van der Waals surface area contributed by atoms with Crippen LogP contribution in [0.4, 0.5) is 13.2 Å². The summed E-state index contributed by atoms with van der Waals surface area (Å²) >= 11 is 0. The molecule has 1 fully saturated rings. The number of alkyl halides is 3. The van der Waals surface area contributed by atoms with Gasteiger partial charge in [0.25, 0.3) is 0 Å². The zero-order valence-corrected chi connectivity index (χ0v) is 18.1. The van der Waals surface area contributed by atoms with Gasteiger partial charge >= 0.3 is 6.18 Å². The smallest absolute Gasteiger partial charge is 0.339 e. The van der Waals surface area contributed by atoms with Crippen LogP contribution in [0.5, 0.6) is 0 Å². The SMILES string of the molecule is CC(C)(C)c1ccc(-c2noc(C3CC(=O)N(Cc4ccc(C(F)(F)F)cc4)C3)n2)cc1. The highest BCUT2D eigenvalue weighted by molar-refractivity contribution is 5.79. The van der Waals surface area contributed by atoms with Gasteiger partial charge in [-0.3, -0.25) is 4.79 Å². The zero-order chi connectivity index (χ0) is 23.1. The van der Waals surface area contributed by atoms with E-state index in [1.165, 1.54) is 17.7 Å². The van der Waals surface area contributed by atoms with Crippen LogP contribution in [0, 0.1) is 0 Å². The van der Waals surface area contributed by atoms with Crippen molar-refractivity contribution < 1.29 is 22.5 Å². The molecule has 1 atom stereocenters. The molecular weight excluding hydrogens is 419 g/mol. The van der Waals surface area contributed by atoms with E-state index in [1.54, 1.807) is 4.90 Å². The molecule has 1 aromatic heterocycles. The Bertz CT molecular complexity index is 1100. The van der Waals surface area contributed by atoms with E-state index in [0.29, 0.717) is 23.8 Å². The number of likely N-dealkylation sites (tertiary alicyclic amines) is 1. The third-order valence-corrected chi connectivity index (χ3v) is 5.67. The van der Waals surface area contributed by atoms with Gasteiger partial charge in [-0.1, -0.05) is 62.3 Å². The first-order valence-corrected chi connectivity index (χ1v) is 10.4. The number of halogens is 3. The molecule has 4 rings (SSSR count). The minimum Gasteiger partial charge on any atom is -0.339 e. The van der Waals surface area contributed by atoms with Crippen molar-refractivity contribution in [1.82, 2.24) is 15.0 Å². The van der Waals surface area contributed by atoms with Crippen LogP contribution in [0.3, 0.4) is 0 Å². The normalized spacial score (nSPS) is 17.2. The molecule has 8 heteroatoms. The maximum Gasteiger partial charge on any atom is 0.416 e. The molecular formula is C24H24F3N3O2. The molecule has 5 nitrogen and oxygen atoms in total. The van der Waals surface area contributed by atoms with Crippen LogP contribution < -0.4 is 0 Å². The van der Waals surface area contributed by atoms with Crippen LogP contribution in [0.15, 0.2) is 53.1 Å². The summed E-state index contributed by atoms with van der Waals surface area (Å²) in [5, 5.41) is 4.07. The fourth-order valence-electron chi connectivity index (χ4n) is 3.75. The minimum absolute atomic E-state index is 0.0433. The molecule has 1 unspecified atom stereocenters. The number of carbonyl (C=O) groups excluding carboxylic acids is 1. The first-order valence-electron chi connectivity index (χ1n) is 10.4. The van der Waals surface area contributed by atoms with Crippen molar-refractivity contribution in [3.63, 3.8) is 0 Å². The minimum atomic E-state index is -4.38. The summed E-state index contributed by atoms with van der Waals surface area (Å²) in [6.45, 7) is 7.04. The van der Waals surface area contributed by atoms with Crippen molar-refractivity contribution in [2.24, 2.45) is 0 Å². The maximum atomic E-state index is 12.7. The molecule has 0 bridgehead atoms. The highest BCUT2D eigenvalue weighted by atomic mass is 19.4. The molecule has 0 spiro atoms. The van der Waals surface area contributed by atoms with Gasteiger partial charge in [0, 0.05) is 25.1 Å². The lowest BCUT2D eigenvalue weighted by Gasteiger charge is -2.18. The lowest BCUT2D eigenvalue weighted by Crippen LogP contribution is -2.24. The van der Waals surface area contributed by atoms with Gasteiger partial charge in [0.05, 0.1) is 11.5 Å². The zero-order valence-electron chi connectivity index (χ0n) is 18.1. The van der Waals surface area contributed by atoms with Gasteiger partial charge in [-0.2, -0.15) is 18.2 Å². The molecule has 32 heavy (non-hydrogen) atoms. The van der Waals surface area contributed by atoms with E-state index in [4.69, 9.17) is 4.52 Å². The van der Waals surface area contributed by atoms with Crippen molar-refractivity contribution in [2.75, 3.05) is 6.54 Å². The third-order valence-electron chi connectivity index (χ3n) is 5.67. The van der Waals surface area contributed by atoms with Gasteiger partial charge in [-0.15, -0.1) is 0 Å². The largest absolute Gasteiger partial charge is 0.416 e. The van der Waals surface area contributed by atoms with E-state index in [9.17, 15) is 18.0 Å². The van der Waals surface area contributed by atoms with Gasteiger partial charge < -0.3 is 9.42 Å². The van der Waals surface area contributed by atoms with E-state index < -0.39 is 11.7 Å². The Morgan fingerprint density at radius 2 is 1.62 bits per heavy atom. The first-order chi connectivity index (χ1) is 15.0. The Hall–Kier alpha value is -3.16. The Labute approximate surface area is 184 Å². The number of hydrogen-bond acceptors (Lipinski definition) is 4. The molecule has 0 radical (unpaired) electrons. The van der Waals surface area contributed by atoms with Crippen LogP contribution in [0.1, 0.15) is 55.7 Å². The third kappa shape index (κ3) is 4.69. The standard InChI is InChI=1S/C24H24F3N3O2/c1-23(2,3)18-10-6-16(7-11-18)21-28-22(32-29-21)17-12-20(31)30(14-17)13-15-4-8-19(9-5-15)24(25,26)27/h4-11,17H,12-14H2,1-3H3.